The third kappa shape index (κ3) is 5.25. The molecule has 26 heavy (non-hydrogen) atoms. The van der Waals surface area contributed by atoms with Crippen LogP contribution >= 0.6 is 11.6 Å². The van der Waals surface area contributed by atoms with Crippen LogP contribution in [0.2, 0.25) is 5.02 Å². The Balaban J connectivity index is 2.26. The normalized spacial score (nSPS) is 10.1. The van der Waals surface area contributed by atoms with Crippen LogP contribution in [0.3, 0.4) is 0 Å². The topological polar surface area (TPSA) is 96.9 Å². The van der Waals surface area contributed by atoms with Crippen molar-refractivity contribution in [2.24, 2.45) is 0 Å². The highest BCUT2D eigenvalue weighted by atomic mass is 35.5. The van der Waals surface area contributed by atoms with Crippen LogP contribution in [0.4, 0.5) is 14.9 Å². The number of carboxylic acids is 1. The lowest BCUT2D eigenvalue weighted by Gasteiger charge is -2.15. The summed E-state index contributed by atoms with van der Waals surface area (Å²) in [5, 5.41) is 12.7. The van der Waals surface area contributed by atoms with Gasteiger partial charge in [-0.1, -0.05) is 23.7 Å². The Kier molecular flexibility index (Phi) is 6.62. The van der Waals surface area contributed by atoms with Crippen LogP contribution in [0.25, 0.3) is 0 Å². The van der Waals surface area contributed by atoms with Crippen molar-refractivity contribution in [1.82, 2.24) is 0 Å². The predicted octanol–water partition coefficient (Wildman–Crippen LogP) is 2.97. The maximum absolute atomic E-state index is 14.0. The third-order valence-electron chi connectivity index (χ3n) is 2.95. The van der Waals surface area contributed by atoms with Gasteiger partial charge in [0.05, 0.1) is 23.3 Å². The lowest BCUT2D eigenvalue weighted by Crippen LogP contribution is -2.29. The molecule has 0 heterocycles. The fraction of sp³-hybridized carbons (Fsp3) is 0.176. The minimum atomic E-state index is -1.40. The van der Waals surface area contributed by atoms with Crippen LogP contribution in [0.15, 0.2) is 36.4 Å². The van der Waals surface area contributed by atoms with Gasteiger partial charge in [-0.05, 0) is 25.1 Å². The van der Waals surface area contributed by atoms with E-state index >= 15 is 0 Å². The molecule has 0 aromatic heterocycles. The largest absolute Gasteiger partial charge is 0.546 e. The van der Waals surface area contributed by atoms with Gasteiger partial charge in [0.25, 0.3) is 0 Å². The van der Waals surface area contributed by atoms with Crippen molar-refractivity contribution < 1.29 is 33.3 Å². The fourth-order valence-electron chi connectivity index (χ4n) is 1.89. The van der Waals surface area contributed by atoms with Gasteiger partial charge in [0.2, 0.25) is 0 Å². The number of nitrogens with one attached hydrogen (secondary N) is 1. The highest BCUT2D eigenvalue weighted by Crippen LogP contribution is 2.37. The summed E-state index contributed by atoms with van der Waals surface area (Å²) in [7, 11) is 0. The summed E-state index contributed by atoms with van der Waals surface area (Å²) in [5.41, 5.74) is -0.198. The van der Waals surface area contributed by atoms with Crippen molar-refractivity contribution in [3.8, 4) is 17.2 Å². The number of carbonyl (C=O) groups is 2. The maximum atomic E-state index is 14.0. The van der Waals surface area contributed by atoms with Gasteiger partial charge < -0.3 is 24.1 Å². The molecular formula is C17H14ClFNO6-. The summed E-state index contributed by atoms with van der Waals surface area (Å²) in [4.78, 5) is 22.0. The summed E-state index contributed by atoms with van der Waals surface area (Å²) in [5.74, 6) is -1.90. The van der Waals surface area contributed by atoms with Gasteiger partial charge in [0.1, 0.15) is 18.2 Å². The molecule has 1 N–H and O–H groups in total. The Morgan fingerprint density at radius 2 is 1.88 bits per heavy atom. The van der Waals surface area contributed by atoms with Gasteiger partial charge in [-0.25, -0.2) is 9.18 Å². The van der Waals surface area contributed by atoms with E-state index in [9.17, 15) is 19.1 Å². The van der Waals surface area contributed by atoms with Gasteiger partial charge in [-0.2, -0.15) is 0 Å². The van der Waals surface area contributed by atoms with E-state index in [1.807, 2.05) is 0 Å². The molecule has 2 aromatic rings. The zero-order valence-electron chi connectivity index (χ0n) is 13.6. The van der Waals surface area contributed by atoms with Gasteiger partial charge in [-0.3, -0.25) is 5.32 Å². The lowest BCUT2D eigenvalue weighted by atomic mass is 10.2. The number of carboxylic acid groups (broad SMARTS) is 1. The number of ether oxygens (including phenoxy) is 3. The van der Waals surface area contributed by atoms with Crippen molar-refractivity contribution in [3.05, 3.63) is 47.2 Å². The predicted molar refractivity (Wildman–Crippen MR) is 89.1 cm³/mol. The van der Waals surface area contributed by atoms with Crippen molar-refractivity contribution >= 4 is 29.4 Å². The van der Waals surface area contributed by atoms with E-state index in [1.165, 1.54) is 18.2 Å². The molecule has 0 aliphatic rings. The van der Waals surface area contributed by atoms with Gasteiger partial charge >= 0.3 is 6.09 Å². The molecule has 0 spiro atoms. The monoisotopic (exact) mass is 382 g/mol. The van der Waals surface area contributed by atoms with E-state index in [-0.39, 0.29) is 34.6 Å². The number of amides is 1. The average Bonchev–Trinajstić information content (AvgIpc) is 2.58. The lowest BCUT2D eigenvalue weighted by molar-refractivity contribution is -0.307. The number of benzene rings is 2. The highest BCUT2D eigenvalue weighted by molar-refractivity contribution is 6.32. The SMILES string of the molecule is CCOC(=O)Nc1cc(Oc2ccccc2OCC(=O)[O-])c(Cl)cc1F. The Hall–Kier alpha value is -3.00. The second-order valence-electron chi connectivity index (χ2n) is 4.82. The second-order valence-corrected chi connectivity index (χ2v) is 5.22. The Morgan fingerprint density at radius 3 is 2.54 bits per heavy atom. The van der Waals surface area contributed by atoms with Crippen molar-refractivity contribution in [2.45, 2.75) is 6.92 Å². The molecule has 0 atom stereocenters. The molecule has 2 aromatic carbocycles. The summed E-state index contributed by atoms with van der Waals surface area (Å²) >= 11 is 5.98. The van der Waals surface area contributed by atoms with Crippen LogP contribution in [0, 0.1) is 5.82 Å². The van der Waals surface area contributed by atoms with E-state index in [4.69, 9.17) is 25.8 Å². The molecule has 7 nitrogen and oxygen atoms in total. The molecule has 138 valence electrons. The minimum Gasteiger partial charge on any atom is -0.546 e. The molecule has 0 unspecified atom stereocenters. The maximum Gasteiger partial charge on any atom is 0.411 e. The van der Waals surface area contributed by atoms with Crippen molar-refractivity contribution in [3.63, 3.8) is 0 Å². The average molecular weight is 383 g/mol. The Bertz CT molecular complexity index is 814. The fourth-order valence-corrected chi connectivity index (χ4v) is 2.08. The summed E-state index contributed by atoms with van der Waals surface area (Å²) in [6.45, 7) is 1.05. The van der Waals surface area contributed by atoms with E-state index < -0.39 is 24.5 Å². The van der Waals surface area contributed by atoms with E-state index in [0.717, 1.165) is 6.07 Å². The molecule has 2 rings (SSSR count). The smallest absolute Gasteiger partial charge is 0.411 e. The van der Waals surface area contributed by atoms with Crippen molar-refractivity contribution in [1.29, 1.82) is 0 Å². The molecule has 0 bridgehead atoms. The highest BCUT2D eigenvalue weighted by Gasteiger charge is 2.15. The van der Waals surface area contributed by atoms with Crippen LogP contribution < -0.4 is 19.9 Å². The second kappa shape index (κ2) is 8.91. The van der Waals surface area contributed by atoms with Crippen LogP contribution in [0.5, 0.6) is 17.2 Å². The zero-order chi connectivity index (χ0) is 19.1. The molecule has 0 saturated heterocycles. The molecule has 0 radical (unpaired) electrons. The number of carbonyl (C=O) groups excluding carboxylic acids is 2. The zero-order valence-corrected chi connectivity index (χ0v) is 14.3. The molecule has 0 aliphatic heterocycles. The molecule has 1 amide bonds. The first-order valence-electron chi connectivity index (χ1n) is 7.43. The van der Waals surface area contributed by atoms with Crippen LogP contribution in [-0.4, -0.2) is 25.3 Å². The number of para-hydroxylation sites is 2. The standard InChI is InChI=1S/C17H15ClFNO6/c1-2-24-17(23)20-12-8-15(10(18)7-11(12)19)26-14-6-4-3-5-13(14)25-9-16(21)22/h3-8H,2,9H2,1H3,(H,20,23)(H,21,22)/p-1. The first-order valence-corrected chi connectivity index (χ1v) is 7.80. The number of halogens is 2. The van der Waals surface area contributed by atoms with Gasteiger partial charge in [0.15, 0.2) is 11.5 Å². The Labute approximate surface area is 153 Å². The number of aliphatic carboxylic acids is 1. The molecule has 0 aliphatic carbocycles. The molecule has 0 fully saturated rings. The molecule has 0 saturated carbocycles. The number of anilines is 1. The van der Waals surface area contributed by atoms with Crippen molar-refractivity contribution in [2.75, 3.05) is 18.5 Å². The molecular weight excluding hydrogens is 369 g/mol. The quantitative estimate of drug-likeness (QED) is 0.790. The first-order chi connectivity index (χ1) is 12.4. The summed E-state index contributed by atoms with van der Waals surface area (Å²) in [6.07, 6.45) is -0.836. The van der Waals surface area contributed by atoms with E-state index in [2.05, 4.69) is 5.32 Å². The van der Waals surface area contributed by atoms with Crippen LogP contribution in [0.1, 0.15) is 6.92 Å². The molecule has 9 heteroatoms. The summed E-state index contributed by atoms with van der Waals surface area (Å²) < 4.78 is 29.3. The van der Waals surface area contributed by atoms with Crippen LogP contribution in [-0.2, 0) is 9.53 Å². The number of rotatable bonds is 7. The first kappa shape index (κ1) is 19.3. The van der Waals surface area contributed by atoms with Gasteiger partial charge in [0, 0.05) is 6.07 Å². The number of hydrogen-bond donors (Lipinski definition) is 1. The van der Waals surface area contributed by atoms with E-state index in [1.54, 1.807) is 19.1 Å². The van der Waals surface area contributed by atoms with Gasteiger partial charge in [-0.15, -0.1) is 0 Å². The minimum absolute atomic E-state index is 0.0179. The Morgan fingerprint density at radius 1 is 1.19 bits per heavy atom. The summed E-state index contributed by atoms with van der Waals surface area (Å²) in [6, 6.07) is 8.34. The number of hydrogen-bond acceptors (Lipinski definition) is 6. The van der Waals surface area contributed by atoms with E-state index in [0.29, 0.717) is 0 Å². The third-order valence-corrected chi connectivity index (χ3v) is 3.24.